The summed E-state index contributed by atoms with van der Waals surface area (Å²) in [5.41, 5.74) is 1.69. The summed E-state index contributed by atoms with van der Waals surface area (Å²) in [6, 6.07) is 23.3. The van der Waals surface area contributed by atoms with Gasteiger partial charge in [0.25, 0.3) is 15.9 Å². The van der Waals surface area contributed by atoms with Crippen molar-refractivity contribution in [2.24, 2.45) is 0 Å². The molecule has 0 spiro atoms. The molecule has 0 saturated heterocycles. The van der Waals surface area contributed by atoms with E-state index >= 15 is 0 Å². The fourth-order valence-corrected chi connectivity index (χ4v) is 5.67. The van der Waals surface area contributed by atoms with Crippen molar-refractivity contribution in [1.82, 2.24) is 4.31 Å². The number of benzene rings is 3. The summed E-state index contributed by atoms with van der Waals surface area (Å²) in [7, 11) is -4.06. The predicted molar refractivity (Wildman–Crippen MR) is 138 cm³/mol. The lowest BCUT2D eigenvalue weighted by atomic mass is 10.2. The van der Waals surface area contributed by atoms with Crippen LogP contribution in [0.4, 0.5) is 0 Å². The second-order valence-electron chi connectivity index (χ2n) is 7.53. The number of aryl methyl sites for hydroxylation is 1. The van der Waals surface area contributed by atoms with Gasteiger partial charge in [-0.05, 0) is 55.3 Å². The van der Waals surface area contributed by atoms with Crippen LogP contribution in [0.3, 0.4) is 0 Å². The average molecular weight is 545 g/mol. The molecule has 0 aliphatic rings. The van der Waals surface area contributed by atoms with Crippen molar-refractivity contribution in [3.63, 3.8) is 0 Å². The molecule has 4 nitrogen and oxygen atoms in total. The second kappa shape index (κ2) is 11.7. The topological polar surface area (TPSA) is 54.5 Å². The normalized spacial score (nSPS) is 11.9. The SMILES string of the molecule is CCC/C=C(/Sc1ccc(Br)cc1)C(=O)N(Cc1ccccc1)S(=O)(=O)c1ccc(C)cc1. The molecule has 7 heteroatoms. The largest absolute Gasteiger partial charge is 0.274 e. The van der Waals surface area contributed by atoms with Gasteiger partial charge in [-0.3, -0.25) is 4.79 Å². The van der Waals surface area contributed by atoms with E-state index in [1.165, 1.54) is 11.8 Å². The van der Waals surface area contributed by atoms with Crippen LogP contribution in [0.15, 0.2) is 104 Å². The summed E-state index contributed by atoms with van der Waals surface area (Å²) >= 11 is 4.70. The monoisotopic (exact) mass is 543 g/mol. The summed E-state index contributed by atoms with van der Waals surface area (Å²) in [6.07, 6.45) is 3.35. The highest BCUT2D eigenvalue weighted by atomic mass is 79.9. The Bertz CT molecular complexity index is 1210. The number of carbonyl (C=O) groups is 1. The van der Waals surface area contributed by atoms with Crippen LogP contribution < -0.4 is 0 Å². The van der Waals surface area contributed by atoms with Gasteiger partial charge in [0, 0.05) is 9.37 Å². The van der Waals surface area contributed by atoms with E-state index in [2.05, 4.69) is 15.9 Å². The molecule has 0 aliphatic heterocycles. The van der Waals surface area contributed by atoms with Gasteiger partial charge in [0.15, 0.2) is 0 Å². The number of allylic oxidation sites excluding steroid dienone is 1. The third-order valence-corrected chi connectivity index (χ3v) is 8.22. The molecule has 3 aromatic rings. The molecule has 0 radical (unpaired) electrons. The van der Waals surface area contributed by atoms with Gasteiger partial charge in [-0.2, -0.15) is 0 Å². The maximum absolute atomic E-state index is 13.8. The molecule has 1 amide bonds. The highest BCUT2D eigenvalue weighted by Crippen LogP contribution is 2.32. The summed E-state index contributed by atoms with van der Waals surface area (Å²) in [6.45, 7) is 3.87. The van der Waals surface area contributed by atoms with Crippen molar-refractivity contribution in [1.29, 1.82) is 0 Å². The van der Waals surface area contributed by atoms with Crippen molar-refractivity contribution >= 4 is 43.6 Å². The molecule has 0 unspecified atom stereocenters. The first-order valence-electron chi connectivity index (χ1n) is 10.6. The molecule has 0 fully saturated rings. The molecule has 3 rings (SSSR count). The molecule has 33 heavy (non-hydrogen) atoms. The van der Waals surface area contributed by atoms with E-state index < -0.39 is 15.9 Å². The molecule has 0 heterocycles. The van der Waals surface area contributed by atoms with E-state index in [0.29, 0.717) is 11.3 Å². The third kappa shape index (κ3) is 6.82. The van der Waals surface area contributed by atoms with Crippen LogP contribution in [-0.2, 0) is 21.4 Å². The fraction of sp³-hybridized carbons (Fsp3) is 0.192. The highest BCUT2D eigenvalue weighted by molar-refractivity contribution is 9.10. The number of sulfonamides is 1. The van der Waals surface area contributed by atoms with E-state index in [4.69, 9.17) is 0 Å². The number of thioether (sulfide) groups is 1. The van der Waals surface area contributed by atoms with Crippen LogP contribution in [0.5, 0.6) is 0 Å². The van der Waals surface area contributed by atoms with E-state index in [-0.39, 0.29) is 11.4 Å². The molecule has 172 valence electrons. The summed E-state index contributed by atoms with van der Waals surface area (Å²) in [4.78, 5) is 15.1. The van der Waals surface area contributed by atoms with E-state index in [1.54, 1.807) is 24.3 Å². The predicted octanol–water partition coefficient (Wildman–Crippen LogP) is 6.95. The average Bonchev–Trinajstić information content (AvgIpc) is 2.82. The van der Waals surface area contributed by atoms with Gasteiger partial charge in [0.2, 0.25) is 0 Å². The summed E-state index contributed by atoms with van der Waals surface area (Å²) < 4.78 is 29.2. The van der Waals surface area contributed by atoms with Gasteiger partial charge < -0.3 is 0 Å². The van der Waals surface area contributed by atoms with Crippen LogP contribution in [0.25, 0.3) is 0 Å². The smallest absolute Gasteiger partial charge is 0.267 e. The van der Waals surface area contributed by atoms with Crippen LogP contribution in [0.1, 0.15) is 30.9 Å². The van der Waals surface area contributed by atoms with Crippen molar-refractivity contribution in [2.45, 2.75) is 43.0 Å². The Hall–Kier alpha value is -2.35. The standard InChI is InChI=1S/C26H26BrNO3S2/c1-3-4-10-25(32-23-15-13-22(27)14-16-23)26(29)28(19-21-8-6-5-7-9-21)33(30,31)24-17-11-20(2)12-18-24/h5-18H,3-4,19H2,1-2H3/b25-10+. The Kier molecular flexibility index (Phi) is 8.95. The molecule has 0 bridgehead atoms. The Morgan fingerprint density at radius 2 is 1.61 bits per heavy atom. The van der Waals surface area contributed by atoms with Crippen molar-refractivity contribution < 1.29 is 13.2 Å². The van der Waals surface area contributed by atoms with Gasteiger partial charge in [0.05, 0.1) is 16.3 Å². The molecule has 0 N–H and O–H groups in total. The van der Waals surface area contributed by atoms with Gasteiger partial charge >= 0.3 is 0 Å². The van der Waals surface area contributed by atoms with Gasteiger partial charge in [-0.15, -0.1) is 0 Å². The number of unbranched alkanes of at least 4 members (excludes halogenated alkanes) is 1. The molecular weight excluding hydrogens is 518 g/mol. The quantitative estimate of drug-likeness (QED) is 0.216. The Labute approximate surface area is 208 Å². The number of nitrogens with zero attached hydrogens (tertiary/aromatic N) is 1. The number of rotatable bonds is 9. The molecule has 0 aromatic heterocycles. The molecule has 3 aromatic carbocycles. The van der Waals surface area contributed by atoms with E-state index in [9.17, 15) is 13.2 Å². The first kappa shape index (κ1) is 25.3. The molecule has 0 saturated carbocycles. The van der Waals surface area contributed by atoms with Gasteiger partial charge in [0.1, 0.15) is 0 Å². The molecule has 0 atom stereocenters. The van der Waals surface area contributed by atoms with Crippen LogP contribution in [0.2, 0.25) is 0 Å². The Balaban J connectivity index is 2.03. The maximum atomic E-state index is 13.8. The number of halogens is 1. The van der Waals surface area contributed by atoms with Crippen LogP contribution >= 0.6 is 27.7 Å². The van der Waals surface area contributed by atoms with Gasteiger partial charge in [-0.25, -0.2) is 12.7 Å². The zero-order valence-corrected chi connectivity index (χ0v) is 21.8. The summed E-state index contributed by atoms with van der Waals surface area (Å²) in [5.74, 6) is -0.527. The summed E-state index contributed by atoms with van der Waals surface area (Å²) in [5, 5.41) is 0. The molecule has 0 aliphatic carbocycles. The van der Waals surface area contributed by atoms with Crippen LogP contribution in [-0.4, -0.2) is 18.6 Å². The lowest BCUT2D eigenvalue weighted by molar-refractivity contribution is -0.122. The van der Waals surface area contributed by atoms with Crippen molar-refractivity contribution in [3.05, 3.63) is 105 Å². The second-order valence-corrected chi connectivity index (χ2v) is 11.4. The first-order valence-corrected chi connectivity index (χ1v) is 13.7. The minimum absolute atomic E-state index is 0.0414. The molecular formula is C26H26BrNO3S2. The highest BCUT2D eigenvalue weighted by Gasteiger charge is 2.32. The lowest BCUT2D eigenvalue weighted by Gasteiger charge is -2.24. The number of carbonyl (C=O) groups excluding carboxylic acids is 1. The van der Waals surface area contributed by atoms with E-state index in [1.807, 2.05) is 74.5 Å². The zero-order chi connectivity index (χ0) is 23.8. The minimum Gasteiger partial charge on any atom is -0.267 e. The first-order chi connectivity index (χ1) is 15.8. The Morgan fingerprint density at radius 3 is 2.21 bits per heavy atom. The number of amides is 1. The van der Waals surface area contributed by atoms with Gasteiger partial charge in [-0.1, -0.05) is 95.1 Å². The fourth-order valence-electron chi connectivity index (χ4n) is 3.05. The maximum Gasteiger partial charge on any atom is 0.274 e. The van der Waals surface area contributed by atoms with E-state index in [0.717, 1.165) is 31.2 Å². The number of hydrogen-bond donors (Lipinski definition) is 0. The van der Waals surface area contributed by atoms with Crippen molar-refractivity contribution in [2.75, 3.05) is 0 Å². The lowest BCUT2D eigenvalue weighted by Crippen LogP contribution is -2.37. The minimum atomic E-state index is -4.06. The van der Waals surface area contributed by atoms with Crippen molar-refractivity contribution in [3.8, 4) is 0 Å². The zero-order valence-electron chi connectivity index (χ0n) is 18.6. The Morgan fingerprint density at radius 1 is 0.970 bits per heavy atom. The third-order valence-electron chi connectivity index (χ3n) is 4.88. The number of hydrogen-bond acceptors (Lipinski definition) is 4. The van der Waals surface area contributed by atoms with Crippen LogP contribution in [0, 0.1) is 6.92 Å².